The largest absolute Gasteiger partial charge is 0.481 e. The number of piperidine rings is 1. The van der Waals surface area contributed by atoms with Crippen molar-refractivity contribution < 1.29 is 14.7 Å². The summed E-state index contributed by atoms with van der Waals surface area (Å²) in [4.78, 5) is 24.8. The van der Waals surface area contributed by atoms with Gasteiger partial charge in [0.05, 0.1) is 5.92 Å². The van der Waals surface area contributed by atoms with Crippen molar-refractivity contribution >= 4 is 11.9 Å². The molecule has 0 aromatic heterocycles. The minimum absolute atomic E-state index is 0.181. The predicted octanol–water partition coefficient (Wildman–Crippen LogP) is 2.77. The molecule has 1 fully saturated rings. The van der Waals surface area contributed by atoms with Crippen LogP contribution in [-0.4, -0.2) is 35.0 Å². The quantitative estimate of drug-likeness (QED) is 0.853. The molecule has 4 heteroatoms. The van der Waals surface area contributed by atoms with Gasteiger partial charge in [0.25, 0.3) is 0 Å². The van der Waals surface area contributed by atoms with Crippen LogP contribution >= 0.6 is 0 Å². The summed E-state index contributed by atoms with van der Waals surface area (Å²) in [5.41, 5.74) is 0.246. The standard InChI is InChI=1S/C15H27NO3/c1-11(10-15(2,3)4)9-13(17)16-7-5-12(6-8-16)14(18)19/h11-12H,5-10H2,1-4H3,(H,18,19). The SMILES string of the molecule is CC(CC(=O)N1CCC(C(=O)O)CC1)CC(C)(C)C. The lowest BCUT2D eigenvalue weighted by Crippen LogP contribution is -2.40. The van der Waals surface area contributed by atoms with Crippen LogP contribution in [0.4, 0.5) is 0 Å². The van der Waals surface area contributed by atoms with Gasteiger partial charge in [0.15, 0.2) is 0 Å². The first-order chi connectivity index (χ1) is 8.69. The van der Waals surface area contributed by atoms with Gasteiger partial charge in [-0.05, 0) is 30.6 Å². The fourth-order valence-corrected chi connectivity index (χ4v) is 2.92. The lowest BCUT2D eigenvalue weighted by Gasteiger charge is -2.31. The Kier molecular flexibility index (Phi) is 5.39. The van der Waals surface area contributed by atoms with E-state index < -0.39 is 5.97 Å². The second-order valence-electron chi connectivity index (χ2n) is 7.07. The second-order valence-corrected chi connectivity index (χ2v) is 7.07. The van der Waals surface area contributed by atoms with Crippen molar-refractivity contribution in [2.75, 3.05) is 13.1 Å². The van der Waals surface area contributed by atoms with Crippen molar-refractivity contribution in [1.29, 1.82) is 0 Å². The molecule has 1 N–H and O–H groups in total. The van der Waals surface area contributed by atoms with Crippen molar-refractivity contribution in [2.24, 2.45) is 17.3 Å². The molecule has 1 aliphatic heterocycles. The summed E-state index contributed by atoms with van der Waals surface area (Å²) >= 11 is 0. The van der Waals surface area contributed by atoms with Crippen molar-refractivity contribution in [3.63, 3.8) is 0 Å². The van der Waals surface area contributed by atoms with Crippen molar-refractivity contribution in [2.45, 2.75) is 53.4 Å². The van der Waals surface area contributed by atoms with E-state index in [2.05, 4.69) is 27.7 Å². The number of nitrogens with zero attached hydrogens (tertiary/aromatic N) is 1. The molecular formula is C15H27NO3. The van der Waals surface area contributed by atoms with E-state index in [1.165, 1.54) is 0 Å². The van der Waals surface area contributed by atoms with E-state index in [1.807, 2.05) is 4.90 Å². The number of likely N-dealkylation sites (tertiary alicyclic amines) is 1. The van der Waals surface area contributed by atoms with Gasteiger partial charge in [-0.3, -0.25) is 9.59 Å². The molecule has 0 aromatic rings. The van der Waals surface area contributed by atoms with E-state index in [0.717, 1.165) is 6.42 Å². The van der Waals surface area contributed by atoms with E-state index >= 15 is 0 Å². The zero-order valence-electron chi connectivity index (χ0n) is 12.6. The molecule has 1 saturated heterocycles. The van der Waals surface area contributed by atoms with E-state index in [0.29, 0.717) is 38.3 Å². The zero-order valence-corrected chi connectivity index (χ0v) is 12.6. The van der Waals surface area contributed by atoms with Gasteiger partial charge in [0.1, 0.15) is 0 Å². The van der Waals surface area contributed by atoms with E-state index in [1.54, 1.807) is 0 Å². The molecule has 1 heterocycles. The van der Waals surface area contributed by atoms with Crippen LogP contribution < -0.4 is 0 Å². The summed E-state index contributed by atoms with van der Waals surface area (Å²) in [5, 5.41) is 8.93. The first-order valence-corrected chi connectivity index (χ1v) is 7.19. The molecule has 0 spiro atoms. The molecule has 1 amide bonds. The highest BCUT2D eigenvalue weighted by Gasteiger charge is 2.28. The maximum Gasteiger partial charge on any atom is 0.306 e. The predicted molar refractivity (Wildman–Crippen MR) is 74.8 cm³/mol. The van der Waals surface area contributed by atoms with Crippen LogP contribution in [-0.2, 0) is 9.59 Å². The number of amides is 1. The van der Waals surface area contributed by atoms with Gasteiger partial charge < -0.3 is 10.0 Å². The minimum atomic E-state index is -0.729. The third-order valence-electron chi connectivity index (χ3n) is 3.68. The Morgan fingerprint density at radius 3 is 2.21 bits per heavy atom. The van der Waals surface area contributed by atoms with Crippen molar-refractivity contribution in [3.8, 4) is 0 Å². The van der Waals surface area contributed by atoms with Crippen LogP contribution in [0.3, 0.4) is 0 Å². The fourth-order valence-electron chi connectivity index (χ4n) is 2.92. The molecular weight excluding hydrogens is 242 g/mol. The van der Waals surface area contributed by atoms with E-state index in [4.69, 9.17) is 5.11 Å². The van der Waals surface area contributed by atoms with E-state index in [-0.39, 0.29) is 17.2 Å². The summed E-state index contributed by atoms with van der Waals surface area (Å²) in [6, 6.07) is 0. The summed E-state index contributed by atoms with van der Waals surface area (Å²) < 4.78 is 0. The molecule has 1 rings (SSSR count). The monoisotopic (exact) mass is 269 g/mol. The van der Waals surface area contributed by atoms with Gasteiger partial charge in [-0.1, -0.05) is 27.7 Å². The molecule has 19 heavy (non-hydrogen) atoms. The highest BCUT2D eigenvalue weighted by atomic mass is 16.4. The average Bonchev–Trinajstić information content (AvgIpc) is 2.26. The minimum Gasteiger partial charge on any atom is -0.481 e. The Labute approximate surface area is 116 Å². The lowest BCUT2D eigenvalue weighted by molar-refractivity contribution is -0.146. The summed E-state index contributed by atoms with van der Waals surface area (Å²) in [6.07, 6.45) is 2.79. The molecule has 0 radical (unpaired) electrons. The number of rotatable bonds is 4. The molecule has 1 unspecified atom stereocenters. The maximum absolute atomic E-state index is 12.1. The number of hydrogen-bond acceptors (Lipinski definition) is 2. The summed E-state index contributed by atoms with van der Waals surface area (Å²) in [7, 11) is 0. The highest BCUT2D eigenvalue weighted by Crippen LogP contribution is 2.27. The third-order valence-corrected chi connectivity index (χ3v) is 3.68. The van der Waals surface area contributed by atoms with Gasteiger partial charge >= 0.3 is 5.97 Å². The number of carboxylic acids is 1. The number of carboxylic acid groups (broad SMARTS) is 1. The first-order valence-electron chi connectivity index (χ1n) is 7.19. The van der Waals surface area contributed by atoms with Gasteiger partial charge in [-0.2, -0.15) is 0 Å². The van der Waals surface area contributed by atoms with Crippen LogP contribution in [0.5, 0.6) is 0 Å². The molecule has 1 atom stereocenters. The average molecular weight is 269 g/mol. The molecule has 110 valence electrons. The Morgan fingerprint density at radius 2 is 1.79 bits per heavy atom. The molecule has 0 saturated carbocycles. The van der Waals surface area contributed by atoms with Crippen LogP contribution in [0.1, 0.15) is 53.4 Å². The van der Waals surface area contributed by atoms with Gasteiger partial charge in [0.2, 0.25) is 5.91 Å². The van der Waals surface area contributed by atoms with Crippen LogP contribution in [0.2, 0.25) is 0 Å². The van der Waals surface area contributed by atoms with Gasteiger partial charge in [0, 0.05) is 19.5 Å². The Balaban J connectivity index is 2.37. The topological polar surface area (TPSA) is 57.6 Å². The van der Waals surface area contributed by atoms with Crippen molar-refractivity contribution in [3.05, 3.63) is 0 Å². The van der Waals surface area contributed by atoms with Crippen LogP contribution in [0.25, 0.3) is 0 Å². The van der Waals surface area contributed by atoms with Gasteiger partial charge in [-0.15, -0.1) is 0 Å². The Bertz CT molecular complexity index is 325. The lowest BCUT2D eigenvalue weighted by atomic mass is 9.84. The fraction of sp³-hybridized carbons (Fsp3) is 0.867. The molecule has 0 aromatic carbocycles. The van der Waals surface area contributed by atoms with E-state index in [9.17, 15) is 9.59 Å². The molecule has 1 aliphatic rings. The normalized spacial score (nSPS) is 19.3. The molecule has 0 bridgehead atoms. The Morgan fingerprint density at radius 1 is 1.26 bits per heavy atom. The number of carbonyl (C=O) groups excluding carboxylic acids is 1. The zero-order chi connectivity index (χ0) is 14.6. The molecule has 4 nitrogen and oxygen atoms in total. The summed E-state index contributed by atoms with van der Waals surface area (Å²) in [5.74, 6) is -0.436. The van der Waals surface area contributed by atoms with Gasteiger partial charge in [-0.25, -0.2) is 0 Å². The first kappa shape index (κ1) is 16.0. The van der Waals surface area contributed by atoms with Crippen LogP contribution in [0.15, 0.2) is 0 Å². The summed E-state index contributed by atoms with van der Waals surface area (Å²) in [6.45, 7) is 9.87. The third kappa shape index (κ3) is 5.62. The number of carbonyl (C=O) groups is 2. The Hall–Kier alpha value is -1.06. The van der Waals surface area contributed by atoms with Crippen molar-refractivity contribution in [1.82, 2.24) is 4.90 Å². The smallest absolute Gasteiger partial charge is 0.306 e. The molecule has 0 aliphatic carbocycles. The highest BCUT2D eigenvalue weighted by molar-refractivity contribution is 5.77. The number of hydrogen-bond donors (Lipinski definition) is 1. The number of aliphatic carboxylic acids is 1. The second kappa shape index (κ2) is 6.40. The van der Waals surface area contributed by atoms with Crippen LogP contribution in [0, 0.1) is 17.3 Å². The maximum atomic E-state index is 12.1.